The quantitative estimate of drug-likeness (QED) is 0.677. The number of hydrogen-bond acceptors (Lipinski definition) is 7. The predicted molar refractivity (Wildman–Crippen MR) is 110 cm³/mol. The van der Waals surface area contributed by atoms with E-state index in [1.165, 1.54) is 11.3 Å². The van der Waals surface area contributed by atoms with Gasteiger partial charge in [0, 0.05) is 31.6 Å². The van der Waals surface area contributed by atoms with Gasteiger partial charge in [0.1, 0.15) is 9.53 Å². The lowest BCUT2D eigenvalue weighted by Gasteiger charge is -2.30. The summed E-state index contributed by atoms with van der Waals surface area (Å²) in [6.45, 7) is 0. The van der Waals surface area contributed by atoms with E-state index in [1.54, 1.807) is 12.5 Å². The highest BCUT2D eigenvalue weighted by molar-refractivity contribution is 8.12. The van der Waals surface area contributed by atoms with E-state index >= 15 is 0 Å². The molecular weight excluding hydrogens is 366 g/mol. The first kappa shape index (κ1) is 16.3. The van der Waals surface area contributed by atoms with Gasteiger partial charge in [0.15, 0.2) is 0 Å². The summed E-state index contributed by atoms with van der Waals surface area (Å²) < 4.78 is 2.54. The van der Waals surface area contributed by atoms with Crippen molar-refractivity contribution in [3.8, 4) is 0 Å². The Kier molecular flexibility index (Phi) is 3.79. The molecule has 3 aromatic heterocycles. The van der Waals surface area contributed by atoms with Crippen molar-refractivity contribution in [2.24, 2.45) is 4.99 Å². The minimum Gasteiger partial charge on any atom is -0.377 e. The van der Waals surface area contributed by atoms with E-state index in [-0.39, 0.29) is 11.6 Å². The van der Waals surface area contributed by atoms with Gasteiger partial charge < -0.3 is 4.90 Å². The SMILES string of the molecule is CN(C)c1ccnc2sc3c(=O)n(C4CCC5SC=NC5C4)cnc3c12. The third-order valence-electron chi connectivity index (χ3n) is 5.38. The monoisotopic (exact) mass is 385 g/mol. The fraction of sp³-hybridized carbons (Fsp3) is 0.444. The van der Waals surface area contributed by atoms with Crippen LogP contribution in [0.15, 0.2) is 28.4 Å². The van der Waals surface area contributed by atoms with Crippen LogP contribution in [-0.4, -0.2) is 45.5 Å². The highest BCUT2D eigenvalue weighted by Gasteiger charge is 2.34. The minimum atomic E-state index is 0.0563. The van der Waals surface area contributed by atoms with Gasteiger partial charge in [-0.2, -0.15) is 0 Å². The molecule has 6 nitrogen and oxygen atoms in total. The van der Waals surface area contributed by atoms with Gasteiger partial charge in [-0.05, 0) is 25.3 Å². The molecule has 26 heavy (non-hydrogen) atoms. The van der Waals surface area contributed by atoms with Gasteiger partial charge in [-0.1, -0.05) is 0 Å². The molecule has 0 N–H and O–H groups in total. The van der Waals surface area contributed by atoms with Crippen molar-refractivity contribution in [3.63, 3.8) is 0 Å². The Morgan fingerprint density at radius 3 is 3.00 bits per heavy atom. The maximum atomic E-state index is 13.2. The van der Waals surface area contributed by atoms with Crippen LogP contribution < -0.4 is 10.5 Å². The van der Waals surface area contributed by atoms with Gasteiger partial charge in [0.25, 0.3) is 5.56 Å². The first-order valence-electron chi connectivity index (χ1n) is 8.76. The molecule has 0 radical (unpaired) electrons. The molecule has 5 rings (SSSR count). The fourth-order valence-electron chi connectivity index (χ4n) is 4.04. The Morgan fingerprint density at radius 1 is 1.27 bits per heavy atom. The van der Waals surface area contributed by atoms with E-state index in [0.29, 0.717) is 16.0 Å². The molecule has 0 amide bonds. The lowest BCUT2D eigenvalue weighted by Crippen LogP contribution is -2.33. The van der Waals surface area contributed by atoms with E-state index in [4.69, 9.17) is 4.98 Å². The van der Waals surface area contributed by atoms with Crippen LogP contribution in [0.1, 0.15) is 25.3 Å². The lowest BCUT2D eigenvalue weighted by molar-refractivity contribution is 0.324. The zero-order chi connectivity index (χ0) is 17.8. The molecule has 134 valence electrons. The molecule has 0 spiro atoms. The predicted octanol–water partition coefficient (Wildman–Crippen LogP) is 3.31. The van der Waals surface area contributed by atoms with Crippen molar-refractivity contribution in [2.45, 2.75) is 36.6 Å². The number of aliphatic imine (C=N–C) groups is 1. The number of aromatic nitrogens is 3. The van der Waals surface area contributed by atoms with Crippen molar-refractivity contribution in [1.82, 2.24) is 14.5 Å². The van der Waals surface area contributed by atoms with Gasteiger partial charge in [0.2, 0.25) is 0 Å². The Labute approximate surface area is 159 Å². The average molecular weight is 386 g/mol. The summed E-state index contributed by atoms with van der Waals surface area (Å²) in [4.78, 5) is 29.9. The first-order chi connectivity index (χ1) is 12.6. The normalized spacial score (nSPS) is 25.1. The highest BCUT2D eigenvalue weighted by atomic mass is 32.2. The molecule has 3 atom stereocenters. The number of hydrogen-bond donors (Lipinski definition) is 0. The van der Waals surface area contributed by atoms with Crippen LogP contribution in [0.5, 0.6) is 0 Å². The molecule has 1 saturated carbocycles. The largest absolute Gasteiger partial charge is 0.377 e. The van der Waals surface area contributed by atoms with Crippen LogP contribution in [0.4, 0.5) is 5.69 Å². The molecule has 0 saturated heterocycles. The van der Waals surface area contributed by atoms with Crippen molar-refractivity contribution >= 4 is 54.8 Å². The summed E-state index contributed by atoms with van der Waals surface area (Å²) >= 11 is 3.28. The molecule has 4 heterocycles. The van der Waals surface area contributed by atoms with Crippen molar-refractivity contribution in [3.05, 3.63) is 28.9 Å². The molecule has 3 aromatic rings. The molecule has 1 aliphatic carbocycles. The Balaban J connectivity index is 1.64. The summed E-state index contributed by atoms with van der Waals surface area (Å²) in [6.07, 6.45) is 6.57. The minimum absolute atomic E-state index is 0.0563. The third kappa shape index (κ3) is 2.39. The molecule has 0 bridgehead atoms. The summed E-state index contributed by atoms with van der Waals surface area (Å²) in [6, 6.07) is 2.49. The summed E-state index contributed by atoms with van der Waals surface area (Å²) in [5, 5.41) is 1.57. The van der Waals surface area contributed by atoms with Gasteiger partial charge in [-0.25, -0.2) is 9.97 Å². The number of nitrogens with zero attached hydrogens (tertiary/aromatic N) is 5. The van der Waals surface area contributed by atoms with Gasteiger partial charge in [0.05, 0.1) is 34.5 Å². The smallest absolute Gasteiger partial charge is 0.271 e. The average Bonchev–Trinajstić information content (AvgIpc) is 3.25. The van der Waals surface area contributed by atoms with Crippen molar-refractivity contribution in [1.29, 1.82) is 0 Å². The fourth-order valence-corrected chi connectivity index (χ4v) is 6.11. The van der Waals surface area contributed by atoms with Crippen LogP contribution in [0, 0.1) is 0 Å². The zero-order valence-corrected chi connectivity index (χ0v) is 16.3. The Hall–Kier alpha value is -1.93. The Bertz CT molecular complexity index is 1090. The second kappa shape index (κ2) is 6.06. The van der Waals surface area contributed by atoms with Gasteiger partial charge >= 0.3 is 0 Å². The zero-order valence-electron chi connectivity index (χ0n) is 14.6. The standard InChI is InChI=1S/C18H19N5OS2/c1-22(2)12-5-6-19-17-14(12)15-16(26-17)18(24)23(8-20-15)10-3-4-13-11(7-10)21-9-25-13/h5-6,8-11,13H,3-4,7H2,1-2H3. The summed E-state index contributed by atoms with van der Waals surface area (Å²) in [5.41, 5.74) is 3.85. The lowest BCUT2D eigenvalue weighted by atomic mass is 9.91. The maximum absolute atomic E-state index is 13.2. The third-order valence-corrected chi connectivity index (χ3v) is 7.59. The summed E-state index contributed by atoms with van der Waals surface area (Å²) in [7, 11) is 4.00. The highest BCUT2D eigenvalue weighted by Crippen LogP contribution is 2.39. The molecule has 3 unspecified atom stereocenters. The van der Waals surface area contributed by atoms with Crippen LogP contribution in [0.2, 0.25) is 0 Å². The molecule has 1 fully saturated rings. The number of pyridine rings is 1. The van der Waals surface area contributed by atoms with Crippen molar-refractivity contribution in [2.75, 3.05) is 19.0 Å². The second-order valence-corrected chi connectivity index (χ2v) is 9.19. The topological polar surface area (TPSA) is 63.4 Å². The van der Waals surface area contributed by atoms with Gasteiger partial charge in [-0.3, -0.25) is 14.4 Å². The molecule has 1 aliphatic heterocycles. The molecule has 8 heteroatoms. The van der Waals surface area contributed by atoms with Gasteiger partial charge in [-0.15, -0.1) is 23.1 Å². The van der Waals surface area contributed by atoms with E-state index in [0.717, 1.165) is 40.7 Å². The number of thioether (sulfide) groups is 1. The van der Waals surface area contributed by atoms with Crippen LogP contribution >= 0.6 is 23.1 Å². The van der Waals surface area contributed by atoms with Crippen molar-refractivity contribution < 1.29 is 0 Å². The Morgan fingerprint density at radius 2 is 2.15 bits per heavy atom. The van der Waals surface area contributed by atoms with Crippen LogP contribution in [0.25, 0.3) is 20.4 Å². The maximum Gasteiger partial charge on any atom is 0.271 e. The summed E-state index contributed by atoms with van der Waals surface area (Å²) in [5.74, 6) is 0. The van der Waals surface area contributed by atoms with E-state index in [1.807, 2.05) is 46.9 Å². The van der Waals surface area contributed by atoms with Crippen LogP contribution in [0.3, 0.4) is 0 Å². The number of anilines is 1. The molecule has 2 aliphatic rings. The molecule has 0 aromatic carbocycles. The number of fused-ring (bicyclic) bond motifs is 4. The molecular formula is C18H19N5OS2. The van der Waals surface area contributed by atoms with Crippen LogP contribution in [-0.2, 0) is 0 Å². The van der Waals surface area contributed by atoms with E-state index in [2.05, 4.69) is 9.98 Å². The number of rotatable bonds is 2. The van der Waals surface area contributed by atoms with E-state index < -0.39 is 0 Å². The second-order valence-electron chi connectivity index (χ2n) is 7.10. The number of thiophene rings is 1. The van der Waals surface area contributed by atoms with E-state index in [9.17, 15) is 4.79 Å². The first-order valence-corrected chi connectivity index (χ1v) is 10.5.